The van der Waals surface area contributed by atoms with Gasteiger partial charge in [0, 0.05) is 12.8 Å². The van der Waals surface area contributed by atoms with E-state index in [2.05, 4.69) is 5.32 Å². The van der Waals surface area contributed by atoms with Crippen LogP contribution < -0.4 is 16.0 Å². The fraction of sp³-hybridized carbons (Fsp3) is 0.267. The van der Waals surface area contributed by atoms with Crippen molar-refractivity contribution in [3.8, 4) is 5.69 Å². The first-order valence-electron chi connectivity index (χ1n) is 6.83. The van der Waals surface area contributed by atoms with E-state index < -0.39 is 11.9 Å². The maximum absolute atomic E-state index is 12.5. The number of hydrogen-bond donors (Lipinski definition) is 1. The van der Waals surface area contributed by atoms with E-state index in [1.54, 1.807) is 30.8 Å². The molecule has 1 aromatic carbocycles. The number of para-hydroxylation sites is 1. The Bertz CT molecular complexity index is 780. The van der Waals surface area contributed by atoms with Gasteiger partial charge in [0.05, 0.1) is 23.1 Å². The number of rotatable bonds is 6. The minimum absolute atomic E-state index is 0.0624. The molecule has 8 heteroatoms. The maximum atomic E-state index is 12.5. The molecule has 0 atom stereocenters. The van der Waals surface area contributed by atoms with Crippen molar-refractivity contribution >= 4 is 29.3 Å². The molecule has 1 aromatic heterocycles. The highest BCUT2D eigenvalue weighted by molar-refractivity contribution is 8.00. The summed E-state index contributed by atoms with van der Waals surface area (Å²) in [7, 11) is 1.73. The van der Waals surface area contributed by atoms with Crippen LogP contribution in [0.5, 0.6) is 0 Å². The monoisotopic (exact) mass is 334 g/mol. The predicted octanol–water partition coefficient (Wildman–Crippen LogP) is -0.0940. The lowest BCUT2D eigenvalue weighted by Crippen LogP contribution is -2.26. The molecule has 0 bridgehead atoms. The van der Waals surface area contributed by atoms with E-state index in [4.69, 9.17) is 0 Å². The summed E-state index contributed by atoms with van der Waals surface area (Å²) in [5.74, 6) is -1.99. The molecule has 0 aliphatic carbocycles. The first kappa shape index (κ1) is 16.9. The van der Waals surface area contributed by atoms with Crippen LogP contribution in [0.1, 0.15) is 5.69 Å². The third-order valence-electron chi connectivity index (χ3n) is 3.27. The molecule has 0 unspecified atom stereocenters. The Balaban J connectivity index is 2.23. The molecule has 1 amide bonds. The van der Waals surface area contributed by atoms with Crippen LogP contribution in [0.4, 0.5) is 5.69 Å². The molecule has 0 radical (unpaired) electrons. The number of amides is 1. The zero-order chi connectivity index (χ0) is 17.0. The molecule has 1 heterocycles. The summed E-state index contributed by atoms with van der Waals surface area (Å²) >= 11 is 0.918. The number of aliphatic carboxylic acids is 1. The van der Waals surface area contributed by atoms with Gasteiger partial charge in [-0.3, -0.25) is 14.3 Å². The van der Waals surface area contributed by atoms with Gasteiger partial charge in [-0.25, -0.2) is 4.68 Å². The van der Waals surface area contributed by atoms with E-state index in [0.717, 1.165) is 11.8 Å². The van der Waals surface area contributed by atoms with Crippen molar-refractivity contribution in [2.75, 3.05) is 16.8 Å². The number of anilines is 1. The summed E-state index contributed by atoms with van der Waals surface area (Å²) in [4.78, 5) is 34.7. The van der Waals surface area contributed by atoms with Crippen LogP contribution in [0, 0.1) is 6.92 Å². The second-order valence-corrected chi connectivity index (χ2v) is 5.84. The van der Waals surface area contributed by atoms with E-state index >= 15 is 0 Å². The quantitative estimate of drug-likeness (QED) is 0.796. The lowest BCUT2D eigenvalue weighted by Gasteiger charge is -2.07. The lowest BCUT2D eigenvalue weighted by molar-refractivity contribution is -0.301. The summed E-state index contributed by atoms with van der Waals surface area (Å²) < 4.78 is 3.11. The highest BCUT2D eigenvalue weighted by Gasteiger charge is 2.17. The average molecular weight is 334 g/mol. The Kier molecular flexibility index (Phi) is 5.28. The summed E-state index contributed by atoms with van der Waals surface area (Å²) in [6, 6.07) is 9.07. The van der Waals surface area contributed by atoms with Crippen LogP contribution in [-0.4, -0.2) is 32.7 Å². The molecule has 2 rings (SSSR count). The molecule has 7 nitrogen and oxygen atoms in total. The van der Waals surface area contributed by atoms with Gasteiger partial charge in [0.1, 0.15) is 5.69 Å². The van der Waals surface area contributed by atoms with Crippen molar-refractivity contribution in [1.82, 2.24) is 9.36 Å². The van der Waals surface area contributed by atoms with E-state index in [-0.39, 0.29) is 22.8 Å². The van der Waals surface area contributed by atoms with Gasteiger partial charge in [0.25, 0.3) is 5.56 Å². The van der Waals surface area contributed by atoms with Crippen molar-refractivity contribution in [2.45, 2.75) is 6.92 Å². The number of hydrogen-bond acceptors (Lipinski definition) is 5. The van der Waals surface area contributed by atoms with E-state index in [9.17, 15) is 19.5 Å². The molecular weight excluding hydrogens is 318 g/mol. The summed E-state index contributed by atoms with van der Waals surface area (Å²) in [5, 5.41) is 12.9. The Labute approximate surface area is 136 Å². The van der Waals surface area contributed by atoms with Crippen LogP contribution in [0.3, 0.4) is 0 Å². The third kappa shape index (κ3) is 3.84. The molecule has 122 valence electrons. The highest BCUT2D eigenvalue weighted by Crippen LogP contribution is 2.14. The molecule has 0 spiro atoms. The number of thioether (sulfide) groups is 1. The minimum Gasteiger partial charge on any atom is -0.549 e. The standard InChI is InChI=1S/C15H17N3O4S/c1-10-14(16-12(19)8-23-9-13(20)21)15(22)18(17(10)2)11-6-4-3-5-7-11/h3-7H,8-9H2,1-2H3,(H,16,19)(H,20,21)/p-1. The Morgan fingerprint density at radius 3 is 2.48 bits per heavy atom. The number of aromatic nitrogens is 2. The minimum atomic E-state index is -1.23. The van der Waals surface area contributed by atoms with Gasteiger partial charge in [-0.2, -0.15) is 0 Å². The molecule has 0 aliphatic heterocycles. The SMILES string of the molecule is Cc1c(NC(=O)CSCC(=O)[O-])c(=O)n(-c2ccccc2)n1C. The number of carboxylic acid groups (broad SMARTS) is 1. The zero-order valence-electron chi connectivity index (χ0n) is 12.7. The van der Waals surface area contributed by atoms with Crippen LogP contribution in [0.25, 0.3) is 5.69 Å². The van der Waals surface area contributed by atoms with Crippen molar-refractivity contribution < 1.29 is 14.7 Å². The molecule has 0 saturated carbocycles. The maximum Gasteiger partial charge on any atom is 0.295 e. The average Bonchev–Trinajstić information content (AvgIpc) is 2.71. The largest absolute Gasteiger partial charge is 0.549 e. The summed E-state index contributed by atoms with van der Waals surface area (Å²) in [5.41, 5.74) is 1.15. The van der Waals surface area contributed by atoms with Crippen molar-refractivity contribution in [3.63, 3.8) is 0 Å². The number of nitrogens with zero attached hydrogens (tertiary/aromatic N) is 2. The van der Waals surface area contributed by atoms with Gasteiger partial charge in [-0.1, -0.05) is 18.2 Å². The van der Waals surface area contributed by atoms with Crippen LogP contribution in [0.2, 0.25) is 0 Å². The first-order chi connectivity index (χ1) is 10.9. The zero-order valence-corrected chi connectivity index (χ0v) is 13.6. The molecule has 2 aromatic rings. The Morgan fingerprint density at radius 2 is 1.87 bits per heavy atom. The number of carbonyl (C=O) groups excluding carboxylic acids is 2. The molecule has 0 fully saturated rings. The fourth-order valence-electron chi connectivity index (χ4n) is 2.11. The normalized spacial score (nSPS) is 10.5. The fourth-order valence-corrected chi connectivity index (χ4v) is 2.64. The lowest BCUT2D eigenvalue weighted by atomic mass is 10.3. The van der Waals surface area contributed by atoms with E-state index in [0.29, 0.717) is 11.4 Å². The van der Waals surface area contributed by atoms with Gasteiger partial charge in [0.2, 0.25) is 5.91 Å². The molecule has 0 aliphatic rings. The van der Waals surface area contributed by atoms with Gasteiger partial charge in [0.15, 0.2) is 0 Å². The smallest absolute Gasteiger partial charge is 0.295 e. The summed E-state index contributed by atoms with van der Waals surface area (Å²) in [6.45, 7) is 1.73. The first-order valence-corrected chi connectivity index (χ1v) is 7.98. The number of carbonyl (C=O) groups is 2. The van der Waals surface area contributed by atoms with E-state index in [1.165, 1.54) is 4.68 Å². The van der Waals surface area contributed by atoms with Gasteiger partial charge >= 0.3 is 0 Å². The Hall–Kier alpha value is -2.48. The molecule has 1 N–H and O–H groups in total. The number of carboxylic acids is 1. The van der Waals surface area contributed by atoms with Crippen LogP contribution in [-0.2, 0) is 16.6 Å². The second kappa shape index (κ2) is 7.19. The highest BCUT2D eigenvalue weighted by atomic mass is 32.2. The van der Waals surface area contributed by atoms with Gasteiger partial charge in [-0.05, 0) is 19.1 Å². The van der Waals surface area contributed by atoms with Crippen LogP contribution >= 0.6 is 11.8 Å². The molecular formula is C15H16N3O4S-. The van der Waals surface area contributed by atoms with Crippen molar-refractivity contribution in [1.29, 1.82) is 0 Å². The number of nitrogens with one attached hydrogen (secondary N) is 1. The van der Waals surface area contributed by atoms with Gasteiger partial charge < -0.3 is 15.2 Å². The van der Waals surface area contributed by atoms with Crippen LogP contribution in [0.15, 0.2) is 35.1 Å². The Morgan fingerprint density at radius 1 is 1.22 bits per heavy atom. The van der Waals surface area contributed by atoms with Crippen molar-refractivity contribution in [2.24, 2.45) is 7.05 Å². The van der Waals surface area contributed by atoms with Crippen molar-refractivity contribution in [3.05, 3.63) is 46.4 Å². The molecule has 0 saturated heterocycles. The predicted molar refractivity (Wildman–Crippen MR) is 86.7 cm³/mol. The molecule has 23 heavy (non-hydrogen) atoms. The second-order valence-electron chi connectivity index (χ2n) is 4.85. The van der Waals surface area contributed by atoms with E-state index in [1.807, 2.05) is 18.2 Å². The van der Waals surface area contributed by atoms with Gasteiger partial charge in [-0.15, -0.1) is 11.8 Å². The number of benzene rings is 1. The third-order valence-corrected chi connectivity index (χ3v) is 4.18. The summed E-state index contributed by atoms with van der Waals surface area (Å²) in [6.07, 6.45) is 0. The topological polar surface area (TPSA) is 96.2 Å².